The molecule has 1 atom stereocenters. The van der Waals surface area contributed by atoms with Crippen molar-refractivity contribution in [1.29, 1.82) is 0 Å². The van der Waals surface area contributed by atoms with Crippen LogP contribution in [0.1, 0.15) is 11.7 Å². The van der Waals surface area contributed by atoms with E-state index >= 15 is 0 Å². The van der Waals surface area contributed by atoms with Gasteiger partial charge >= 0.3 is 0 Å². The maximum Gasteiger partial charge on any atom is 0.0994 e. The summed E-state index contributed by atoms with van der Waals surface area (Å²) in [5, 5.41) is 10.2. The van der Waals surface area contributed by atoms with Crippen LogP contribution < -0.4 is 5.73 Å². The molecule has 3 aromatic rings. The number of fused-ring (bicyclic) bond motifs is 1. The summed E-state index contributed by atoms with van der Waals surface area (Å²) in [5.41, 5.74) is 8.55. The van der Waals surface area contributed by atoms with Gasteiger partial charge in [0.25, 0.3) is 0 Å². The summed E-state index contributed by atoms with van der Waals surface area (Å²) in [6.45, 7) is -0.110. The van der Waals surface area contributed by atoms with E-state index in [2.05, 4.69) is 9.97 Å². The average molecular weight is 254 g/mol. The van der Waals surface area contributed by atoms with E-state index in [0.717, 1.165) is 22.3 Å². The third-order valence-electron chi connectivity index (χ3n) is 3.11. The van der Waals surface area contributed by atoms with Gasteiger partial charge < -0.3 is 15.4 Å². The van der Waals surface area contributed by atoms with E-state index < -0.39 is 6.04 Å². The Balaban J connectivity index is 2.12. The molecular weight excluding hydrogens is 240 g/mol. The fraction of sp³-hybridized carbons (Fsp3) is 0.143. The highest BCUT2D eigenvalue weighted by Gasteiger charge is 2.11. The maximum absolute atomic E-state index is 9.17. The Labute approximate surface area is 110 Å². The molecule has 2 heterocycles. The van der Waals surface area contributed by atoms with Gasteiger partial charge in [0.05, 0.1) is 36.4 Å². The Hall–Kier alpha value is -2.24. The van der Waals surface area contributed by atoms with Crippen molar-refractivity contribution in [3.63, 3.8) is 0 Å². The van der Waals surface area contributed by atoms with Crippen molar-refractivity contribution in [1.82, 2.24) is 14.5 Å². The minimum absolute atomic E-state index is 0.110. The molecule has 0 amide bonds. The maximum atomic E-state index is 9.17. The zero-order valence-electron chi connectivity index (χ0n) is 10.3. The number of aliphatic hydroxyl groups is 1. The normalized spacial score (nSPS) is 12.7. The van der Waals surface area contributed by atoms with Crippen LogP contribution >= 0.6 is 0 Å². The Morgan fingerprint density at radius 2 is 2.21 bits per heavy atom. The lowest BCUT2D eigenvalue weighted by molar-refractivity contribution is 0.265. The molecule has 3 N–H and O–H groups in total. The Morgan fingerprint density at radius 1 is 1.32 bits per heavy atom. The van der Waals surface area contributed by atoms with Gasteiger partial charge in [-0.15, -0.1) is 0 Å². The lowest BCUT2D eigenvalue weighted by Crippen LogP contribution is -2.18. The number of benzene rings is 1. The minimum Gasteiger partial charge on any atom is -0.394 e. The quantitative estimate of drug-likeness (QED) is 0.741. The molecule has 0 spiro atoms. The molecule has 0 aliphatic rings. The Kier molecular flexibility index (Phi) is 2.98. The zero-order valence-corrected chi connectivity index (χ0v) is 10.3. The predicted octanol–water partition coefficient (Wildman–Crippen LogP) is 1.41. The standard InChI is InChI=1S/C14H14N4O/c15-12(8-19)14-7-16-9-18(14)11-3-4-13-10(6-11)2-1-5-17-13/h1-7,9,12,19H,8,15H2. The number of aromatic nitrogens is 3. The highest BCUT2D eigenvalue weighted by molar-refractivity contribution is 5.80. The highest BCUT2D eigenvalue weighted by atomic mass is 16.3. The zero-order chi connectivity index (χ0) is 13.2. The third kappa shape index (κ3) is 2.09. The van der Waals surface area contributed by atoms with E-state index in [1.54, 1.807) is 18.7 Å². The molecule has 5 nitrogen and oxygen atoms in total. The Bertz CT molecular complexity index is 707. The molecule has 19 heavy (non-hydrogen) atoms. The largest absolute Gasteiger partial charge is 0.394 e. The molecule has 0 aliphatic heterocycles. The average Bonchev–Trinajstić information content (AvgIpc) is 2.95. The molecule has 0 radical (unpaired) electrons. The lowest BCUT2D eigenvalue weighted by Gasteiger charge is -2.12. The summed E-state index contributed by atoms with van der Waals surface area (Å²) in [6.07, 6.45) is 5.14. The van der Waals surface area contributed by atoms with Crippen molar-refractivity contribution in [2.45, 2.75) is 6.04 Å². The van der Waals surface area contributed by atoms with Crippen molar-refractivity contribution in [3.8, 4) is 5.69 Å². The number of pyridine rings is 1. The van der Waals surface area contributed by atoms with E-state index in [0.29, 0.717) is 0 Å². The summed E-state index contributed by atoms with van der Waals surface area (Å²) in [7, 11) is 0. The summed E-state index contributed by atoms with van der Waals surface area (Å²) < 4.78 is 1.88. The molecule has 0 fully saturated rings. The molecule has 0 aliphatic carbocycles. The van der Waals surface area contributed by atoms with Crippen molar-refractivity contribution >= 4 is 10.9 Å². The fourth-order valence-corrected chi connectivity index (χ4v) is 2.10. The third-order valence-corrected chi connectivity index (χ3v) is 3.11. The minimum atomic E-state index is -0.438. The smallest absolute Gasteiger partial charge is 0.0994 e. The van der Waals surface area contributed by atoms with E-state index in [1.807, 2.05) is 34.9 Å². The van der Waals surface area contributed by atoms with Gasteiger partial charge in [-0.25, -0.2) is 4.98 Å². The van der Waals surface area contributed by atoms with Crippen LogP contribution in [-0.4, -0.2) is 26.2 Å². The van der Waals surface area contributed by atoms with E-state index in [1.165, 1.54) is 0 Å². The monoisotopic (exact) mass is 254 g/mol. The Morgan fingerprint density at radius 3 is 3.05 bits per heavy atom. The molecule has 1 aromatic carbocycles. The summed E-state index contributed by atoms with van der Waals surface area (Å²) in [5.74, 6) is 0. The van der Waals surface area contributed by atoms with Crippen LogP contribution in [0.4, 0.5) is 0 Å². The molecule has 3 rings (SSSR count). The second kappa shape index (κ2) is 4.79. The van der Waals surface area contributed by atoms with E-state index in [-0.39, 0.29) is 6.61 Å². The molecular formula is C14H14N4O. The van der Waals surface area contributed by atoms with E-state index in [9.17, 15) is 5.11 Å². The number of rotatable bonds is 3. The molecule has 2 aromatic heterocycles. The highest BCUT2D eigenvalue weighted by Crippen LogP contribution is 2.20. The number of imidazole rings is 1. The first-order valence-corrected chi connectivity index (χ1v) is 6.03. The summed E-state index contributed by atoms with van der Waals surface area (Å²) in [6, 6.07) is 9.42. The molecule has 0 saturated carbocycles. The van der Waals surface area contributed by atoms with Crippen molar-refractivity contribution in [2.24, 2.45) is 5.73 Å². The SMILES string of the molecule is NC(CO)c1cncn1-c1ccc2ncccc2c1. The molecule has 5 heteroatoms. The van der Waals surface area contributed by atoms with Crippen LogP contribution in [0.3, 0.4) is 0 Å². The van der Waals surface area contributed by atoms with Gasteiger partial charge in [-0.3, -0.25) is 4.98 Å². The van der Waals surface area contributed by atoms with Crippen LogP contribution in [0.15, 0.2) is 49.1 Å². The second-order valence-corrected chi connectivity index (χ2v) is 4.36. The van der Waals surface area contributed by atoms with Gasteiger partial charge in [-0.05, 0) is 24.3 Å². The molecule has 0 bridgehead atoms. The van der Waals surface area contributed by atoms with Crippen molar-refractivity contribution < 1.29 is 5.11 Å². The lowest BCUT2D eigenvalue weighted by atomic mass is 10.2. The van der Waals surface area contributed by atoms with Crippen LogP contribution in [0.5, 0.6) is 0 Å². The number of hydrogen-bond acceptors (Lipinski definition) is 4. The topological polar surface area (TPSA) is 77.0 Å². The first kappa shape index (κ1) is 11.8. The number of nitrogens with zero attached hydrogens (tertiary/aromatic N) is 3. The van der Waals surface area contributed by atoms with Crippen molar-refractivity contribution in [2.75, 3.05) is 6.61 Å². The predicted molar refractivity (Wildman–Crippen MR) is 72.9 cm³/mol. The van der Waals surface area contributed by atoms with Gasteiger partial charge in [0.2, 0.25) is 0 Å². The summed E-state index contributed by atoms with van der Waals surface area (Å²) in [4.78, 5) is 8.39. The number of hydrogen-bond donors (Lipinski definition) is 2. The molecule has 0 saturated heterocycles. The fourth-order valence-electron chi connectivity index (χ4n) is 2.10. The molecule has 96 valence electrons. The number of aliphatic hydroxyl groups excluding tert-OH is 1. The summed E-state index contributed by atoms with van der Waals surface area (Å²) >= 11 is 0. The number of nitrogens with two attached hydrogens (primary N) is 1. The van der Waals surface area contributed by atoms with Crippen molar-refractivity contribution in [3.05, 3.63) is 54.7 Å². The van der Waals surface area contributed by atoms with Gasteiger partial charge in [0, 0.05) is 17.3 Å². The van der Waals surface area contributed by atoms with Gasteiger partial charge in [-0.2, -0.15) is 0 Å². The van der Waals surface area contributed by atoms with Crippen LogP contribution in [-0.2, 0) is 0 Å². The van der Waals surface area contributed by atoms with Crippen LogP contribution in [0, 0.1) is 0 Å². The first-order valence-electron chi connectivity index (χ1n) is 6.03. The first-order chi connectivity index (χ1) is 9.29. The second-order valence-electron chi connectivity index (χ2n) is 4.36. The van der Waals surface area contributed by atoms with Gasteiger partial charge in [0.1, 0.15) is 0 Å². The van der Waals surface area contributed by atoms with E-state index in [4.69, 9.17) is 5.73 Å². The van der Waals surface area contributed by atoms with Crippen LogP contribution in [0.25, 0.3) is 16.6 Å². The molecule has 1 unspecified atom stereocenters. The van der Waals surface area contributed by atoms with Gasteiger partial charge in [0.15, 0.2) is 0 Å². The van der Waals surface area contributed by atoms with Gasteiger partial charge in [-0.1, -0.05) is 6.07 Å². The van der Waals surface area contributed by atoms with Crippen LogP contribution in [0.2, 0.25) is 0 Å².